The molecule has 1 saturated heterocycles. The first-order chi connectivity index (χ1) is 6.53. The Morgan fingerprint density at radius 3 is 2.79 bits per heavy atom. The monoisotopic (exact) mass is 198 g/mol. The quantitative estimate of drug-likeness (QED) is 0.555. The molecule has 1 aliphatic rings. The van der Waals surface area contributed by atoms with Crippen LogP contribution in [0.3, 0.4) is 0 Å². The van der Waals surface area contributed by atoms with Crippen LogP contribution in [0.2, 0.25) is 0 Å². The fourth-order valence-electron chi connectivity index (χ4n) is 1.90. The van der Waals surface area contributed by atoms with Crippen molar-refractivity contribution in [3.8, 4) is 0 Å². The lowest BCUT2D eigenvalue weighted by Crippen LogP contribution is -2.27. The Morgan fingerprint density at radius 2 is 2.43 bits per heavy atom. The number of ether oxygens (including phenoxy) is 1. The number of rotatable bonds is 4. The number of carbonyl (C=O) groups is 1. The van der Waals surface area contributed by atoms with E-state index in [2.05, 4.69) is 13.5 Å². The number of unbranched alkanes of at least 4 members (excludes halogenated alkanes) is 1. The van der Waals surface area contributed by atoms with E-state index in [1.165, 1.54) is 0 Å². The maximum atomic E-state index is 11.6. The lowest BCUT2D eigenvalue weighted by Gasteiger charge is -2.24. The standard InChI is InChI=1S/C11H18O3/c1-4-5-6-11(8(2)3)7-9(12)14-10(11)13/h9,12H,2,4-7H2,1,3H3/t9-,11-/m0/s1. The Bertz CT molecular complexity index is 247. The third kappa shape index (κ3) is 1.82. The summed E-state index contributed by atoms with van der Waals surface area (Å²) in [5, 5.41) is 9.30. The predicted molar refractivity (Wildman–Crippen MR) is 53.5 cm³/mol. The van der Waals surface area contributed by atoms with Gasteiger partial charge in [-0.05, 0) is 13.3 Å². The van der Waals surface area contributed by atoms with E-state index in [1.54, 1.807) is 0 Å². The first-order valence-electron chi connectivity index (χ1n) is 5.08. The Kier molecular flexibility index (Phi) is 3.32. The van der Waals surface area contributed by atoms with Crippen LogP contribution in [-0.4, -0.2) is 17.4 Å². The highest BCUT2D eigenvalue weighted by atomic mass is 16.6. The van der Waals surface area contributed by atoms with Crippen LogP contribution in [-0.2, 0) is 9.53 Å². The fourth-order valence-corrected chi connectivity index (χ4v) is 1.90. The van der Waals surface area contributed by atoms with E-state index in [4.69, 9.17) is 4.74 Å². The van der Waals surface area contributed by atoms with Crippen molar-refractivity contribution in [3.05, 3.63) is 12.2 Å². The second-order valence-corrected chi connectivity index (χ2v) is 4.03. The summed E-state index contributed by atoms with van der Waals surface area (Å²) in [4.78, 5) is 11.6. The molecule has 3 heteroatoms. The number of hydrogen-bond acceptors (Lipinski definition) is 3. The number of aliphatic hydroxyl groups excluding tert-OH is 1. The Morgan fingerprint density at radius 1 is 1.79 bits per heavy atom. The Labute approximate surface area is 84.8 Å². The molecular formula is C11H18O3. The summed E-state index contributed by atoms with van der Waals surface area (Å²) in [6.07, 6.45) is 2.12. The van der Waals surface area contributed by atoms with Gasteiger partial charge in [0.1, 0.15) is 0 Å². The second kappa shape index (κ2) is 4.13. The van der Waals surface area contributed by atoms with Gasteiger partial charge in [-0.25, -0.2) is 0 Å². The maximum Gasteiger partial charge on any atom is 0.318 e. The number of aliphatic hydroxyl groups is 1. The van der Waals surface area contributed by atoms with Gasteiger partial charge in [0.2, 0.25) is 6.29 Å². The van der Waals surface area contributed by atoms with Gasteiger partial charge in [-0.15, -0.1) is 0 Å². The molecule has 2 atom stereocenters. The summed E-state index contributed by atoms with van der Waals surface area (Å²) in [5.74, 6) is -0.314. The normalized spacial score (nSPS) is 31.6. The molecule has 0 radical (unpaired) electrons. The fraction of sp³-hybridized carbons (Fsp3) is 0.727. The second-order valence-electron chi connectivity index (χ2n) is 4.03. The molecule has 0 amide bonds. The van der Waals surface area contributed by atoms with Crippen LogP contribution >= 0.6 is 0 Å². The van der Waals surface area contributed by atoms with Gasteiger partial charge < -0.3 is 9.84 Å². The van der Waals surface area contributed by atoms with Crippen molar-refractivity contribution in [1.29, 1.82) is 0 Å². The highest BCUT2D eigenvalue weighted by Crippen LogP contribution is 2.43. The van der Waals surface area contributed by atoms with Crippen molar-refractivity contribution in [1.82, 2.24) is 0 Å². The van der Waals surface area contributed by atoms with Crippen LogP contribution in [0.4, 0.5) is 0 Å². The van der Waals surface area contributed by atoms with Gasteiger partial charge in [0.05, 0.1) is 5.41 Å². The van der Waals surface area contributed by atoms with Crippen LogP contribution in [0.5, 0.6) is 0 Å². The molecule has 0 aromatic heterocycles. The number of hydrogen-bond donors (Lipinski definition) is 1. The molecule has 1 N–H and O–H groups in total. The summed E-state index contributed by atoms with van der Waals surface area (Å²) >= 11 is 0. The first kappa shape index (κ1) is 11.2. The van der Waals surface area contributed by atoms with Gasteiger partial charge in [-0.3, -0.25) is 4.79 Å². The van der Waals surface area contributed by atoms with Crippen molar-refractivity contribution in [3.63, 3.8) is 0 Å². The van der Waals surface area contributed by atoms with Crippen LogP contribution in [0.15, 0.2) is 12.2 Å². The number of carbonyl (C=O) groups excluding carboxylic acids is 1. The van der Waals surface area contributed by atoms with E-state index < -0.39 is 11.7 Å². The van der Waals surface area contributed by atoms with Gasteiger partial charge >= 0.3 is 5.97 Å². The summed E-state index contributed by atoms with van der Waals surface area (Å²) in [6, 6.07) is 0. The lowest BCUT2D eigenvalue weighted by molar-refractivity contribution is -0.157. The van der Waals surface area contributed by atoms with Gasteiger partial charge in [0.15, 0.2) is 0 Å². The summed E-state index contributed by atoms with van der Waals surface area (Å²) in [6.45, 7) is 7.74. The maximum absolute atomic E-state index is 11.6. The Hall–Kier alpha value is -0.830. The van der Waals surface area contributed by atoms with E-state index in [0.29, 0.717) is 6.42 Å². The first-order valence-corrected chi connectivity index (χ1v) is 5.08. The summed E-state index contributed by atoms with van der Waals surface area (Å²) < 4.78 is 4.79. The molecule has 1 fully saturated rings. The van der Waals surface area contributed by atoms with Crippen molar-refractivity contribution >= 4 is 5.97 Å². The molecule has 14 heavy (non-hydrogen) atoms. The molecule has 0 aromatic rings. The van der Waals surface area contributed by atoms with E-state index in [9.17, 15) is 9.90 Å². The molecule has 0 aliphatic carbocycles. The van der Waals surface area contributed by atoms with E-state index in [-0.39, 0.29) is 5.97 Å². The zero-order valence-electron chi connectivity index (χ0n) is 8.88. The average Bonchev–Trinajstić information content (AvgIpc) is 2.39. The minimum absolute atomic E-state index is 0.314. The van der Waals surface area contributed by atoms with Crippen molar-refractivity contribution in [2.24, 2.45) is 5.41 Å². The Balaban J connectivity index is 2.82. The molecule has 1 rings (SSSR count). The zero-order chi connectivity index (χ0) is 10.8. The third-order valence-corrected chi connectivity index (χ3v) is 2.93. The van der Waals surface area contributed by atoms with E-state index in [1.807, 2.05) is 6.92 Å². The lowest BCUT2D eigenvalue weighted by atomic mass is 9.76. The smallest absolute Gasteiger partial charge is 0.318 e. The van der Waals surface area contributed by atoms with Crippen LogP contribution in [0.25, 0.3) is 0 Å². The molecular weight excluding hydrogens is 180 g/mol. The van der Waals surface area contributed by atoms with Gasteiger partial charge in [-0.2, -0.15) is 0 Å². The van der Waals surface area contributed by atoms with E-state index >= 15 is 0 Å². The highest BCUT2D eigenvalue weighted by molar-refractivity contribution is 5.82. The summed E-state index contributed by atoms with van der Waals surface area (Å²) in [5.41, 5.74) is 0.169. The molecule has 0 aromatic carbocycles. The SMILES string of the molecule is C=C(C)[C@]1(CCCC)C[C@@H](O)OC1=O. The molecule has 0 unspecified atom stereocenters. The largest absolute Gasteiger partial charge is 0.435 e. The van der Waals surface area contributed by atoms with Crippen molar-refractivity contribution in [2.75, 3.05) is 0 Å². The van der Waals surface area contributed by atoms with Gasteiger partial charge in [0, 0.05) is 6.42 Å². The minimum atomic E-state index is -0.948. The van der Waals surface area contributed by atoms with Crippen molar-refractivity contribution < 1.29 is 14.6 Å². The molecule has 0 bridgehead atoms. The van der Waals surface area contributed by atoms with Crippen LogP contribution < -0.4 is 0 Å². The predicted octanol–water partition coefficient (Wildman–Crippen LogP) is 2.00. The molecule has 0 saturated carbocycles. The average molecular weight is 198 g/mol. The van der Waals surface area contributed by atoms with Crippen LogP contribution in [0, 0.1) is 5.41 Å². The zero-order valence-corrected chi connectivity index (χ0v) is 8.88. The topological polar surface area (TPSA) is 46.5 Å². The molecule has 1 heterocycles. The molecule has 1 aliphatic heterocycles. The summed E-state index contributed by atoms with van der Waals surface area (Å²) in [7, 11) is 0. The van der Waals surface area contributed by atoms with E-state index in [0.717, 1.165) is 24.8 Å². The number of esters is 1. The van der Waals surface area contributed by atoms with Crippen molar-refractivity contribution in [2.45, 2.75) is 45.8 Å². The van der Waals surface area contributed by atoms with Gasteiger partial charge in [-0.1, -0.05) is 31.9 Å². The molecule has 3 nitrogen and oxygen atoms in total. The highest BCUT2D eigenvalue weighted by Gasteiger charge is 2.48. The molecule has 80 valence electrons. The number of cyclic esters (lactones) is 1. The molecule has 0 spiro atoms. The minimum Gasteiger partial charge on any atom is -0.435 e. The van der Waals surface area contributed by atoms with Gasteiger partial charge in [0.25, 0.3) is 0 Å². The van der Waals surface area contributed by atoms with Crippen LogP contribution in [0.1, 0.15) is 39.5 Å². The third-order valence-electron chi connectivity index (χ3n) is 2.93.